The second-order valence-corrected chi connectivity index (χ2v) is 15.7. The van der Waals surface area contributed by atoms with Crippen LogP contribution in [0.25, 0.3) is 11.1 Å². The Labute approximate surface area is 333 Å². The van der Waals surface area contributed by atoms with Crippen molar-refractivity contribution in [3.05, 3.63) is 119 Å². The van der Waals surface area contributed by atoms with Crippen LogP contribution >= 0.6 is 0 Å². The Bertz CT molecular complexity index is 2190. The largest absolute Gasteiger partial charge is 0.508 e. The normalized spacial score (nSPS) is 21.0. The number of hydrogen-bond donors (Lipinski definition) is 4. The molecule has 294 valence electrons. The molecule has 2 unspecified atom stereocenters. The molecule has 11 heteroatoms. The number of imide groups is 2. The monoisotopic (exact) mass is 767 g/mol. The number of piperidine rings is 3. The van der Waals surface area contributed by atoms with Crippen molar-refractivity contribution in [3.63, 3.8) is 0 Å². The van der Waals surface area contributed by atoms with E-state index in [0.717, 1.165) is 97.7 Å². The van der Waals surface area contributed by atoms with Gasteiger partial charge in [0.1, 0.15) is 17.5 Å². The first kappa shape index (κ1) is 38.0. The lowest BCUT2D eigenvalue weighted by molar-refractivity contribution is -0.136. The predicted molar refractivity (Wildman–Crippen MR) is 220 cm³/mol. The molecule has 4 aromatic carbocycles. The molecular formula is C46H49N5O6. The van der Waals surface area contributed by atoms with Gasteiger partial charge in [-0.05, 0) is 133 Å². The lowest BCUT2D eigenvalue weighted by Gasteiger charge is -2.39. The molecule has 0 spiro atoms. The predicted octanol–water partition coefficient (Wildman–Crippen LogP) is 6.66. The van der Waals surface area contributed by atoms with Crippen LogP contribution in [0.1, 0.15) is 89.3 Å². The summed E-state index contributed by atoms with van der Waals surface area (Å²) in [5, 5.41) is 25.8. The number of carbonyl (C=O) groups excluding carboxylic acids is 4. The minimum atomic E-state index is -0.976. The highest BCUT2D eigenvalue weighted by molar-refractivity contribution is 6.23. The number of phenols is 2. The number of anilines is 2. The van der Waals surface area contributed by atoms with Crippen molar-refractivity contribution in [2.75, 3.05) is 42.9 Å². The maximum Gasteiger partial charge on any atom is 0.262 e. The number of phenolic OH excluding ortho intramolecular Hbond substituents is 2. The van der Waals surface area contributed by atoms with E-state index in [1.54, 1.807) is 36.4 Å². The van der Waals surface area contributed by atoms with Gasteiger partial charge in [-0.3, -0.25) is 29.4 Å². The van der Waals surface area contributed by atoms with Crippen molar-refractivity contribution in [2.45, 2.75) is 64.0 Å². The Balaban J connectivity index is 0.873. The van der Waals surface area contributed by atoms with E-state index < -0.39 is 29.7 Å². The summed E-state index contributed by atoms with van der Waals surface area (Å²) in [6.45, 7) is 7.12. The standard InChI is InChI=1S/C46H49N5O6/c1-2-38(30-7-14-36(52)15-8-30)43(32-9-16-37(53)17-10-32)31-5-12-35(13-6-31)50-24-21-29(22-25-50)27-49-23-3-4-34(28-49)47-33-11-18-39-40(26-33)46(57)51(45(39)56)41-19-20-42(54)48-44(41)55/h5-18,26,29,34,41,47,52-53H,2-4,19-25,27-28H2,1H3,(H,48,54,55). The maximum absolute atomic E-state index is 13.3. The molecule has 3 saturated heterocycles. The SMILES string of the molecule is CCC(=C(c1ccc(O)cc1)c1ccc(N2CCC(CN3CCCC(Nc4ccc5c(c4)C(=O)N(C4CCC(=O)NC4=O)C5=O)C3)CC2)cc1)c1ccc(O)cc1. The van der Waals surface area contributed by atoms with Gasteiger partial charge in [-0.15, -0.1) is 0 Å². The highest BCUT2D eigenvalue weighted by Crippen LogP contribution is 2.37. The molecular weight excluding hydrogens is 719 g/mol. The molecule has 0 aliphatic carbocycles. The van der Waals surface area contributed by atoms with Gasteiger partial charge in [-0.25, -0.2) is 0 Å². The van der Waals surface area contributed by atoms with E-state index in [0.29, 0.717) is 5.92 Å². The minimum Gasteiger partial charge on any atom is -0.508 e. The van der Waals surface area contributed by atoms with Crippen LogP contribution < -0.4 is 15.5 Å². The van der Waals surface area contributed by atoms with Gasteiger partial charge in [0.05, 0.1) is 11.1 Å². The number of fused-ring (bicyclic) bond motifs is 1. The zero-order valence-corrected chi connectivity index (χ0v) is 32.2. The van der Waals surface area contributed by atoms with Gasteiger partial charge in [-0.2, -0.15) is 0 Å². The van der Waals surface area contributed by atoms with Gasteiger partial charge in [-0.1, -0.05) is 43.3 Å². The number of carbonyl (C=O) groups is 4. The molecule has 8 rings (SSSR count). The third-order valence-electron chi connectivity index (χ3n) is 12.0. The lowest BCUT2D eigenvalue weighted by atomic mass is 9.88. The van der Waals surface area contributed by atoms with Gasteiger partial charge in [0.25, 0.3) is 11.8 Å². The average Bonchev–Trinajstić information content (AvgIpc) is 3.46. The van der Waals surface area contributed by atoms with Crippen LogP contribution in [0.2, 0.25) is 0 Å². The van der Waals surface area contributed by atoms with E-state index in [1.807, 2.05) is 30.3 Å². The summed E-state index contributed by atoms with van der Waals surface area (Å²) in [5.41, 5.74) is 8.03. The molecule has 4 amide bonds. The highest BCUT2D eigenvalue weighted by Gasteiger charge is 2.44. The molecule has 4 N–H and O–H groups in total. The topological polar surface area (TPSA) is 143 Å². The number of nitrogens with zero attached hydrogens (tertiary/aromatic N) is 3. The third kappa shape index (κ3) is 8.02. The van der Waals surface area contributed by atoms with E-state index in [9.17, 15) is 29.4 Å². The van der Waals surface area contributed by atoms with Gasteiger partial charge >= 0.3 is 0 Å². The van der Waals surface area contributed by atoms with Crippen molar-refractivity contribution in [1.82, 2.24) is 15.1 Å². The van der Waals surface area contributed by atoms with Crippen molar-refractivity contribution in [1.29, 1.82) is 0 Å². The molecule has 11 nitrogen and oxygen atoms in total. The molecule has 0 bridgehead atoms. The number of amides is 4. The fourth-order valence-corrected chi connectivity index (χ4v) is 9.04. The second-order valence-electron chi connectivity index (χ2n) is 15.7. The molecule has 0 saturated carbocycles. The quantitative estimate of drug-likeness (QED) is 0.103. The van der Waals surface area contributed by atoms with Crippen molar-refractivity contribution in [3.8, 4) is 11.5 Å². The zero-order chi connectivity index (χ0) is 39.6. The molecule has 4 heterocycles. The first-order valence-electron chi connectivity index (χ1n) is 20.2. The van der Waals surface area contributed by atoms with Crippen LogP contribution in [0.15, 0.2) is 91.0 Å². The van der Waals surface area contributed by atoms with Crippen LogP contribution in [0.4, 0.5) is 11.4 Å². The summed E-state index contributed by atoms with van der Waals surface area (Å²) >= 11 is 0. The number of hydrogen-bond acceptors (Lipinski definition) is 9. The Morgan fingerprint density at radius 2 is 1.37 bits per heavy atom. The van der Waals surface area contributed by atoms with Crippen molar-refractivity contribution >= 4 is 46.1 Å². The Morgan fingerprint density at radius 3 is 2.02 bits per heavy atom. The van der Waals surface area contributed by atoms with Gasteiger partial charge in [0.15, 0.2) is 0 Å². The minimum absolute atomic E-state index is 0.0919. The smallest absolute Gasteiger partial charge is 0.262 e. The van der Waals surface area contributed by atoms with Crippen LogP contribution in [0, 0.1) is 5.92 Å². The number of benzene rings is 4. The number of allylic oxidation sites excluding steroid dienone is 1. The molecule has 0 aromatic heterocycles. The van der Waals surface area contributed by atoms with E-state index in [-0.39, 0.29) is 41.5 Å². The van der Waals surface area contributed by atoms with Crippen molar-refractivity contribution in [2.24, 2.45) is 5.92 Å². The number of rotatable bonds is 10. The molecule has 3 fully saturated rings. The molecule has 0 radical (unpaired) electrons. The highest BCUT2D eigenvalue weighted by atomic mass is 16.3. The molecule has 4 aliphatic rings. The summed E-state index contributed by atoms with van der Waals surface area (Å²) in [6.07, 6.45) is 5.33. The van der Waals surface area contributed by atoms with Crippen LogP contribution in [-0.2, 0) is 9.59 Å². The molecule has 2 atom stereocenters. The summed E-state index contributed by atoms with van der Waals surface area (Å²) in [4.78, 5) is 56.6. The summed E-state index contributed by atoms with van der Waals surface area (Å²) in [7, 11) is 0. The first-order chi connectivity index (χ1) is 27.6. The van der Waals surface area contributed by atoms with E-state index in [2.05, 4.69) is 51.6 Å². The van der Waals surface area contributed by atoms with Gasteiger partial charge < -0.3 is 25.3 Å². The Hall–Kier alpha value is -5.94. The Morgan fingerprint density at radius 1 is 0.737 bits per heavy atom. The van der Waals surface area contributed by atoms with Crippen LogP contribution in [-0.4, -0.2) is 88.4 Å². The third-order valence-corrected chi connectivity index (χ3v) is 12.0. The molecule has 4 aliphatic heterocycles. The summed E-state index contributed by atoms with van der Waals surface area (Å²) in [6, 6.07) is 28.0. The fourth-order valence-electron chi connectivity index (χ4n) is 9.04. The van der Waals surface area contributed by atoms with E-state index in [4.69, 9.17) is 0 Å². The first-order valence-corrected chi connectivity index (χ1v) is 20.2. The van der Waals surface area contributed by atoms with Crippen molar-refractivity contribution < 1.29 is 29.4 Å². The van der Waals surface area contributed by atoms with Gasteiger partial charge in [0, 0.05) is 50.0 Å². The molecule has 4 aromatic rings. The van der Waals surface area contributed by atoms with E-state index >= 15 is 0 Å². The lowest BCUT2D eigenvalue weighted by Crippen LogP contribution is -2.54. The number of likely N-dealkylation sites (tertiary alicyclic amines) is 1. The Kier molecular flexibility index (Phi) is 10.8. The van der Waals surface area contributed by atoms with Gasteiger partial charge in [0.2, 0.25) is 11.8 Å². The van der Waals surface area contributed by atoms with E-state index in [1.165, 1.54) is 11.3 Å². The number of aromatic hydroxyl groups is 2. The average molecular weight is 768 g/mol. The van der Waals surface area contributed by atoms with Crippen LogP contribution in [0.5, 0.6) is 11.5 Å². The fraction of sp³-hybridized carbons (Fsp3) is 0.348. The second kappa shape index (κ2) is 16.3. The van der Waals surface area contributed by atoms with Crippen LogP contribution in [0.3, 0.4) is 0 Å². The summed E-state index contributed by atoms with van der Waals surface area (Å²) < 4.78 is 0. The number of nitrogens with one attached hydrogen (secondary N) is 2. The zero-order valence-electron chi connectivity index (χ0n) is 32.2. The maximum atomic E-state index is 13.3. The summed E-state index contributed by atoms with van der Waals surface area (Å²) in [5.74, 6) is -0.918. The molecule has 57 heavy (non-hydrogen) atoms.